The molecule has 1 aromatic heterocycles. The molecule has 0 aliphatic carbocycles. The average molecular weight is 302 g/mol. The SMILES string of the molecule is CC(N)CC(=O)Nc1ccc2ccn(CC(=O)N(C)C)c2c1. The number of likely N-dealkylation sites (N-methyl/N-ethyl adjacent to an activating group) is 1. The fraction of sp³-hybridized carbons (Fsp3) is 0.375. The number of rotatable bonds is 5. The Kier molecular flexibility index (Phi) is 4.82. The number of nitrogens with two attached hydrogens (primary N) is 1. The normalized spacial score (nSPS) is 12.2. The summed E-state index contributed by atoms with van der Waals surface area (Å²) in [6.45, 7) is 2.06. The Morgan fingerprint density at radius 1 is 1.32 bits per heavy atom. The molecule has 3 N–H and O–H groups in total. The molecular formula is C16H22N4O2. The largest absolute Gasteiger partial charge is 0.347 e. The molecule has 2 rings (SSSR count). The number of nitrogens with one attached hydrogen (secondary N) is 1. The Morgan fingerprint density at radius 3 is 2.68 bits per heavy atom. The summed E-state index contributed by atoms with van der Waals surface area (Å²) in [5.74, 6) is -0.0966. The van der Waals surface area contributed by atoms with E-state index >= 15 is 0 Å². The van der Waals surface area contributed by atoms with Crippen molar-refractivity contribution < 1.29 is 9.59 Å². The highest BCUT2D eigenvalue weighted by Crippen LogP contribution is 2.21. The monoisotopic (exact) mass is 302 g/mol. The van der Waals surface area contributed by atoms with Crippen LogP contribution in [0.1, 0.15) is 13.3 Å². The summed E-state index contributed by atoms with van der Waals surface area (Å²) >= 11 is 0. The first-order chi connectivity index (χ1) is 10.4. The van der Waals surface area contributed by atoms with E-state index in [9.17, 15) is 9.59 Å². The molecule has 1 unspecified atom stereocenters. The number of hydrogen-bond donors (Lipinski definition) is 2. The highest BCUT2D eigenvalue weighted by molar-refractivity contribution is 5.94. The number of carbonyl (C=O) groups excluding carboxylic acids is 2. The smallest absolute Gasteiger partial charge is 0.241 e. The summed E-state index contributed by atoms with van der Waals surface area (Å²) in [6, 6.07) is 7.42. The Balaban J connectivity index is 2.21. The zero-order valence-electron chi connectivity index (χ0n) is 13.2. The molecule has 0 aliphatic rings. The molecule has 0 saturated heterocycles. The van der Waals surface area contributed by atoms with E-state index in [2.05, 4.69) is 5.32 Å². The second-order valence-electron chi connectivity index (χ2n) is 5.73. The number of fused-ring (bicyclic) bond motifs is 1. The van der Waals surface area contributed by atoms with Gasteiger partial charge in [0, 0.05) is 38.4 Å². The highest BCUT2D eigenvalue weighted by atomic mass is 16.2. The number of hydrogen-bond acceptors (Lipinski definition) is 3. The molecule has 1 atom stereocenters. The summed E-state index contributed by atoms with van der Waals surface area (Å²) in [6.07, 6.45) is 2.15. The first-order valence-electron chi connectivity index (χ1n) is 7.21. The molecule has 22 heavy (non-hydrogen) atoms. The van der Waals surface area contributed by atoms with Gasteiger partial charge in [0.05, 0.1) is 5.52 Å². The van der Waals surface area contributed by atoms with Crippen LogP contribution in [0, 0.1) is 0 Å². The molecule has 118 valence electrons. The molecule has 2 amide bonds. The molecular weight excluding hydrogens is 280 g/mol. The standard InChI is InChI=1S/C16H22N4O2/c1-11(17)8-15(21)18-13-5-4-12-6-7-20(14(12)9-13)10-16(22)19(2)3/h4-7,9,11H,8,10,17H2,1-3H3,(H,18,21). The molecule has 0 spiro atoms. The van der Waals surface area contributed by atoms with Crippen molar-refractivity contribution in [2.24, 2.45) is 5.73 Å². The van der Waals surface area contributed by atoms with E-state index in [1.807, 2.05) is 35.0 Å². The Hall–Kier alpha value is -2.34. The summed E-state index contributed by atoms with van der Waals surface area (Å²) in [7, 11) is 3.46. The summed E-state index contributed by atoms with van der Waals surface area (Å²) in [5.41, 5.74) is 7.24. The van der Waals surface area contributed by atoms with Gasteiger partial charge in [0.15, 0.2) is 0 Å². The van der Waals surface area contributed by atoms with Crippen LogP contribution in [0.25, 0.3) is 10.9 Å². The zero-order valence-corrected chi connectivity index (χ0v) is 13.2. The second-order valence-corrected chi connectivity index (χ2v) is 5.73. The van der Waals surface area contributed by atoms with Crippen molar-refractivity contribution in [3.05, 3.63) is 30.5 Å². The minimum atomic E-state index is -0.176. The second kappa shape index (κ2) is 6.62. The van der Waals surface area contributed by atoms with Crippen molar-refractivity contribution in [2.45, 2.75) is 25.9 Å². The predicted molar refractivity (Wildman–Crippen MR) is 87.5 cm³/mol. The van der Waals surface area contributed by atoms with Crippen molar-refractivity contribution in [3.63, 3.8) is 0 Å². The molecule has 6 nitrogen and oxygen atoms in total. The van der Waals surface area contributed by atoms with Gasteiger partial charge in [-0.25, -0.2) is 0 Å². The third kappa shape index (κ3) is 3.85. The minimum absolute atomic E-state index is 0.0175. The quantitative estimate of drug-likeness (QED) is 0.876. The van der Waals surface area contributed by atoms with Gasteiger partial charge < -0.3 is 20.5 Å². The molecule has 0 aliphatic heterocycles. The van der Waals surface area contributed by atoms with Crippen LogP contribution in [-0.2, 0) is 16.1 Å². The van der Waals surface area contributed by atoms with Gasteiger partial charge in [-0.2, -0.15) is 0 Å². The summed E-state index contributed by atoms with van der Waals surface area (Å²) < 4.78 is 1.87. The Labute approximate surface area is 129 Å². The lowest BCUT2D eigenvalue weighted by atomic mass is 10.2. The molecule has 1 aromatic carbocycles. The minimum Gasteiger partial charge on any atom is -0.347 e. The summed E-state index contributed by atoms with van der Waals surface area (Å²) in [4.78, 5) is 25.2. The lowest BCUT2D eigenvalue weighted by molar-refractivity contribution is -0.129. The number of amides is 2. The van der Waals surface area contributed by atoms with Crippen LogP contribution in [-0.4, -0.2) is 41.4 Å². The molecule has 0 bridgehead atoms. The highest BCUT2D eigenvalue weighted by Gasteiger charge is 2.10. The van der Waals surface area contributed by atoms with Crippen molar-refractivity contribution >= 4 is 28.4 Å². The molecule has 0 fully saturated rings. The van der Waals surface area contributed by atoms with Crippen LogP contribution < -0.4 is 11.1 Å². The van der Waals surface area contributed by atoms with Crippen LogP contribution in [0.4, 0.5) is 5.69 Å². The Morgan fingerprint density at radius 2 is 2.05 bits per heavy atom. The van der Waals surface area contributed by atoms with Gasteiger partial charge in [-0.05, 0) is 30.5 Å². The van der Waals surface area contributed by atoms with E-state index < -0.39 is 0 Å². The number of benzene rings is 1. The topological polar surface area (TPSA) is 80.4 Å². The summed E-state index contributed by atoms with van der Waals surface area (Å²) in [5, 5.41) is 3.86. The average Bonchev–Trinajstić information content (AvgIpc) is 2.80. The van der Waals surface area contributed by atoms with Crippen molar-refractivity contribution in [1.29, 1.82) is 0 Å². The number of carbonyl (C=O) groups is 2. The first-order valence-corrected chi connectivity index (χ1v) is 7.21. The number of anilines is 1. The third-order valence-corrected chi connectivity index (χ3v) is 3.37. The fourth-order valence-electron chi connectivity index (χ4n) is 2.19. The van der Waals surface area contributed by atoms with Gasteiger partial charge in [-0.15, -0.1) is 0 Å². The third-order valence-electron chi connectivity index (χ3n) is 3.37. The molecule has 2 aromatic rings. The zero-order chi connectivity index (χ0) is 16.3. The van der Waals surface area contributed by atoms with E-state index in [0.717, 1.165) is 10.9 Å². The molecule has 0 radical (unpaired) electrons. The molecule has 1 heterocycles. The van der Waals surface area contributed by atoms with Gasteiger partial charge >= 0.3 is 0 Å². The Bertz CT molecular complexity index is 689. The van der Waals surface area contributed by atoms with Gasteiger partial charge in [-0.1, -0.05) is 6.07 Å². The van der Waals surface area contributed by atoms with E-state index in [1.54, 1.807) is 25.9 Å². The van der Waals surface area contributed by atoms with Crippen LogP contribution in [0.3, 0.4) is 0 Å². The lowest BCUT2D eigenvalue weighted by Gasteiger charge is -2.12. The van der Waals surface area contributed by atoms with E-state index in [0.29, 0.717) is 5.69 Å². The van der Waals surface area contributed by atoms with Gasteiger partial charge in [0.2, 0.25) is 11.8 Å². The lowest BCUT2D eigenvalue weighted by Crippen LogP contribution is -2.26. The maximum Gasteiger partial charge on any atom is 0.241 e. The van der Waals surface area contributed by atoms with Crippen LogP contribution in [0.15, 0.2) is 30.5 Å². The van der Waals surface area contributed by atoms with Crippen molar-refractivity contribution in [2.75, 3.05) is 19.4 Å². The maximum atomic E-state index is 11.9. The molecule has 6 heteroatoms. The number of nitrogens with zero attached hydrogens (tertiary/aromatic N) is 2. The number of aromatic nitrogens is 1. The van der Waals surface area contributed by atoms with Gasteiger partial charge in [-0.3, -0.25) is 9.59 Å². The van der Waals surface area contributed by atoms with Gasteiger partial charge in [0.25, 0.3) is 0 Å². The predicted octanol–water partition coefficient (Wildman–Crippen LogP) is 1.41. The van der Waals surface area contributed by atoms with Crippen LogP contribution >= 0.6 is 0 Å². The maximum absolute atomic E-state index is 11.9. The van der Waals surface area contributed by atoms with E-state index in [1.165, 1.54) is 0 Å². The first kappa shape index (κ1) is 16.0. The van der Waals surface area contributed by atoms with E-state index in [-0.39, 0.29) is 30.8 Å². The fourth-order valence-corrected chi connectivity index (χ4v) is 2.19. The van der Waals surface area contributed by atoms with Crippen LogP contribution in [0.5, 0.6) is 0 Å². The van der Waals surface area contributed by atoms with E-state index in [4.69, 9.17) is 5.73 Å². The van der Waals surface area contributed by atoms with Crippen molar-refractivity contribution in [3.8, 4) is 0 Å². The van der Waals surface area contributed by atoms with Crippen LogP contribution in [0.2, 0.25) is 0 Å². The molecule has 0 saturated carbocycles. The van der Waals surface area contributed by atoms with Gasteiger partial charge in [0.1, 0.15) is 6.54 Å². The van der Waals surface area contributed by atoms with Crippen molar-refractivity contribution in [1.82, 2.24) is 9.47 Å².